The Hall–Kier alpha value is 0.579. The van der Waals surface area contributed by atoms with Gasteiger partial charge in [-0.25, -0.2) is 0 Å². The van der Waals surface area contributed by atoms with E-state index in [1.54, 1.807) is 21.7 Å². The molecule has 0 aliphatic heterocycles. The van der Waals surface area contributed by atoms with Crippen LogP contribution in [0.25, 0.3) is 0 Å². The Balaban J connectivity index is -0.000000771. The first-order valence-corrected chi connectivity index (χ1v) is 30.3. The van der Waals surface area contributed by atoms with Crippen LogP contribution >= 0.6 is 0 Å². The maximum atomic E-state index is 11.5. The molecule has 0 saturated carbocycles. The topological polar surface area (TPSA) is 34.1 Å². The number of carbonyl (C=O) groups excluding carboxylic acids is 2. The van der Waals surface area contributed by atoms with Gasteiger partial charge in [-0.2, -0.15) is 0 Å². The third-order valence-electron chi connectivity index (χ3n) is 11.4. The molecular weight excluding hydrogens is 839 g/mol. The second kappa shape index (κ2) is 49.2. The van der Waals surface area contributed by atoms with Crippen LogP contribution in [-0.2, 0) is 34.8 Å². The van der Waals surface area contributed by atoms with Crippen molar-refractivity contribution in [3.63, 3.8) is 0 Å². The van der Waals surface area contributed by atoms with Gasteiger partial charge in [0.1, 0.15) is 0 Å². The number of hydrogen-bond donors (Lipinski definition) is 0. The van der Waals surface area contributed by atoms with Gasteiger partial charge in [0.05, 0.1) is 0 Å². The molecule has 0 saturated heterocycles. The van der Waals surface area contributed by atoms with Gasteiger partial charge in [0, 0.05) is 10.2 Å². The van der Waals surface area contributed by atoms with Crippen LogP contribution in [0.1, 0.15) is 275 Å². The molecule has 340 valence electrons. The summed E-state index contributed by atoms with van der Waals surface area (Å²) < 4.78 is 3.31. The van der Waals surface area contributed by atoms with Gasteiger partial charge in [-0.3, -0.25) is 0 Å². The van der Waals surface area contributed by atoms with Crippen LogP contribution in [0.3, 0.4) is 0 Å². The van der Waals surface area contributed by atoms with E-state index in [9.17, 15) is 9.59 Å². The minimum absolute atomic E-state index is 0.00211. The molecule has 0 amide bonds. The molecule has 0 fully saturated rings. The Morgan fingerprint density at radius 1 is 0.333 bits per heavy atom. The van der Waals surface area contributed by atoms with E-state index in [2.05, 4.69) is 69.2 Å². The van der Waals surface area contributed by atoms with E-state index in [0.29, 0.717) is 0 Å². The van der Waals surface area contributed by atoms with Gasteiger partial charge in [-0.1, -0.05) is 158 Å². The Morgan fingerprint density at radius 2 is 0.544 bits per heavy atom. The van der Waals surface area contributed by atoms with Gasteiger partial charge >= 0.3 is 121 Å². The summed E-state index contributed by atoms with van der Waals surface area (Å²) in [6.45, 7) is 22.8. The third kappa shape index (κ3) is 56.6. The molecule has 0 bridgehead atoms. The summed E-state index contributed by atoms with van der Waals surface area (Å²) >= 11 is 9.87. The summed E-state index contributed by atoms with van der Waals surface area (Å²) in [5.41, 5.74) is 0. The van der Waals surface area contributed by atoms with Gasteiger partial charge in [0.15, 0.2) is 0 Å². The molecule has 0 aliphatic rings. The molecule has 0 radical (unpaired) electrons. The molecule has 2 nitrogen and oxygen atoms in total. The van der Waals surface area contributed by atoms with Crippen LogP contribution in [0.2, 0.25) is 8.87 Å². The van der Waals surface area contributed by atoms with Crippen LogP contribution in [0, 0.1) is 35.5 Å². The van der Waals surface area contributed by atoms with Gasteiger partial charge in [-0.15, -0.1) is 0 Å². The summed E-state index contributed by atoms with van der Waals surface area (Å²) in [6, 6.07) is 0. The zero-order valence-electron chi connectivity index (χ0n) is 40.6. The molecule has 0 heterocycles. The fourth-order valence-electron chi connectivity index (χ4n) is 7.43. The second-order valence-electron chi connectivity index (χ2n) is 19.4. The Labute approximate surface area is 382 Å². The molecule has 0 atom stereocenters. The van der Waals surface area contributed by atoms with Crippen molar-refractivity contribution in [2.75, 3.05) is 0 Å². The van der Waals surface area contributed by atoms with Crippen molar-refractivity contribution >= 4 is 56.6 Å². The zero-order valence-corrected chi connectivity index (χ0v) is 45.1. The van der Waals surface area contributed by atoms with Gasteiger partial charge < -0.3 is 34.8 Å². The molecule has 0 N–H and O–H groups in total. The average molecular weight is 944 g/mol. The van der Waals surface area contributed by atoms with E-state index in [1.165, 1.54) is 167 Å². The van der Waals surface area contributed by atoms with Crippen molar-refractivity contribution in [1.29, 1.82) is 0 Å². The summed E-state index contributed by atoms with van der Waals surface area (Å²) in [5.74, 6) is 3.51. The maximum absolute atomic E-state index is 11.5. The SMILES string of the molecule is CC(C)CCCCCC(CCCCCC(C)C)C(=O)[S-].CC(C)CCCCCC(CCCCCC(C)C)C(=O)[S-].CCCCCCC[CH2][Sn+2][CH2]CCCCCCC. The molecule has 0 aromatic rings. The van der Waals surface area contributed by atoms with Crippen molar-refractivity contribution in [3.8, 4) is 0 Å². The summed E-state index contributed by atoms with van der Waals surface area (Å²) in [5, 5.41) is -0.00422. The van der Waals surface area contributed by atoms with Crippen LogP contribution in [0.5, 0.6) is 0 Å². The number of hydrogen-bond acceptors (Lipinski definition) is 4. The molecule has 0 aromatic heterocycles. The van der Waals surface area contributed by atoms with Crippen molar-refractivity contribution in [1.82, 2.24) is 0 Å². The standard InChI is InChI=1S/2C18H36OS.2C8H17.Sn/c2*1-15(2)11-7-5-9-13-17(18(19)20)14-10-6-8-12-16(3)4;2*1-3-5-7-8-6-4-2;/h2*15-17H,5-14H2,1-4H3,(H,19,20);2*1,3-8H2,2H3;/q;;;;+2/p-2. The van der Waals surface area contributed by atoms with Gasteiger partial charge in [0.25, 0.3) is 0 Å². The molecule has 57 heavy (non-hydrogen) atoms. The van der Waals surface area contributed by atoms with E-state index >= 15 is 0 Å². The Bertz CT molecular complexity index is 699. The van der Waals surface area contributed by atoms with Crippen LogP contribution in [-0.4, -0.2) is 31.4 Å². The monoisotopic (exact) mass is 945 g/mol. The summed E-state index contributed by atoms with van der Waals surface area (Å²) in [4.78, 5) is 23.0. The summed E-state index contributed by atoms with van der Waals surface area (Å²) in [7, 11) is 0. The molecule has 5 heteroatoms. The average Bonchev–Trinajstić information content (AvgIpc) is 3.14. The fraction of sp³-hybridized carbons (Fsp3) is 0.962. The quantitative estimate of drug-likeness (QED) is 0.0348. The molecule has 0 spiro atoms. The molecule has 0 rings (SSSR count). The number of carbonyl (C=O) groups is 2. The van der Waals surface area contributed by atoms with E-state index in [4.69, 9.17) is 25.3 Å². The fourth-order valence-corrected chi connectivity index (χ4v) is 11.5. The first kappa shape index (κ1) is 61.9. The van der Waals surface area contributed by atoms with Crippen molar-refractivity contribution in [2.24, 2.45) is 35.5 Å². The van der Waals surface area contributed by atoms with Crippen molar-refractivity contribution in [2.45, 2.75) is 284 Å². The predicted octanol–water partition coefficient (Wildman–Crippen LogP) is 18.0. The Morgan fingerprint density at radius 3 is 0.772 bits per heavy atom. The van der Waals surface area contributed by atoms with Crippen molar-refractivity contribution in [3.05, 3.63) is 0 Å². The van der Waals surface area contributed by atoms with Crippen LogP contribution < -0.4 is 0 Å². The number of rotatable bonds is 40. The summed E-state index contributed by atoms with van der Waals surface area (Å²) in [6.07, 6.45) is 42.0. The van der Waals surface area contributed by atoms with E-state index in [1.807, 2.05) is 0 Å². The predicted molar refractivity (Wildman–Crippen MR) is 266 cm³/mol. The van der Waals surface area contributed by atoms with Gasteiger partial charge in [-0.05, 0) is 61.2 Å². The number of unbranched alkanes of at least 4 members (excludes halogenated alkanes) is 18. The van der Waals surface area contributed by atoms with E-state index in [-0.39, 0.29) is 43.2 Å². The molecule has 0 unspecified atom stereocenters. The molecule has 0 aromatic carbocycles. The van der Waals surface area contributed by atoms with Crippen LogP contribution in [0.15, 0.2) is 0 Å². The van der Waals surface area contributed by atoms with Crippen LogP contribution in [0.4, 0.5) is 0 Å². The zero-order chi connectivity index (χ0) is 43.4. The van der Waals surface area contributed by atoms with Gasteiger partial charge in [0.2, 0.25) is 0 Å². The first-order chi connectivity index (χ1) is 27.3. The van der Waals surface area contributed by atoms with Crippen molar-refractivity contribution < 1.29 is 9.59 Å². The Kier molecular flexibility index (Phi) is 53.4. The molecular formula is C52H104O2S2Sn. The first-order valence-electron chi connectivity index (χ1n) is 25.4. The van der Waals surface area contributed by atoms with E-state index in [0.717, 1.165) is 49.4 Å². The third-order valence-corrected chi connectivity index (χ3v) is 16.1. The second-order valence-corrected chi connectivity index (χ2v) is 24.5. The normalized spacial score (nSPS) is 11.4. The minimum atomic E-state index is -0.00211. The molecule has 0 aliphatic carbocycles. The van der Waals surface area contributed by atoms with E-state index < -0.39 is 0 Å².